The molecule has 3 amide bonds. The van der Waals surface area contributed by atoms with Crippen molar-refractivity contribution in [1.29, 1.82) is 0 Å². The number of fused-ring (bicyclic) bond motifs is 1. The lowest BCUT2D eigenvalue weighted by atomic mass is 9.91. The van der Waals surface area contributed by atoms with Gasteiger partial charge in [0.05, 0.1) is 0 Å². The highest BCUT2D eigenvalue weighted by molar-refractivity contribution is 7.98. The predicted octanol–water partition coefficient (Wildman–Crippen LogP) is 7.49. The van der Waals surface area contributed by atoms with Gasteiger partial charge in [-0.15, -0.1) is 0 Å². The number of nitrogens with zero attached hydrogens (tertiary/aromatic N) is 1. The smallest absolute Gasteiger partial charge is 0.408 e. The Morgan fingerprint density at radius 2 is 1.62 bits per heavy atom. The monoisotopic (exact) mass is 591 g/mol. The molecule has 0 aliphatic rings. The molecule has 0 bridgehead atoms. The van der Waals surface area contributed by atoms with Crippen LogP contribution in [0.15, 0.2) is 66.7 Å². The highest BCUT2D eigenvalue weighted by Gasteiger charge is 2.43. The first-order valence-electron chi connectivity index (χ1n) is 14.4. The Kier molecular flexibility index (Phi) is 11.1. The molecule has 7 nitrogen and oxygen atoms in total. The van der Waals surface area contributed by atoms with E-state index in [1.54, 1.807) is 37.4 Å². The Morgan fingerprint density at radius 1 is 0.929 bits per heavy atom. The number of alkyl carbamates (subject to hydrolysis) is 1. The van der Waals surface area contributed by atoms with Crippen LogP contribution < -0.4 is 10.6 Å². The van der Waals surface area contributed by atoms with E-state index in [0.29, 0.717) is 29.8 Å². The van der Waals surface area contributed by atoms with Gasteiger partial charge in [-0.25, -0.2) is 4.79 Å². The summed E-state index contributed by atoms with van der Waals surface area (Å²) in [5.41, 5.74) is 0.875. The van der Waals surface area contributed by atoms with Gasteiger partial charge < -0.3 is 20.3 Å². The highest BCUT2D eigenvalue weighted by Crippen LogP contribution is 2.34. The molecule has 3 aromatic carbocycles. The molecule has 0 aliphatic carbocycles. The second kappa shape index (κ2) is 14.1. The molecule has 0 saturated heterocycles. The first-order valence-corrected chi connectivity index (χ1v) is 15.8. The van der Waals surface area contributed by atoms with E-state index in [1.807, 2.05) is 101 Å². The van der Waals surface area contributed by atoms with Gasteiger partial charge in [0.2, 0.25) is 5.91 Å². The van der Waals surface area contributed by atoms with Crippen molar-refractivity contribution in [3.8, 4) is 0 Å². The van der Waals surface area contributed by atoms with Crippen LogP contribution in [0.2, 0.25) is 0 Å². The highest BCUT2D eigenvalue weighted by atomic mass is 32.2. The minimum atomic E-state index is -0.948. The third kappa shape index (κ3) is 8.74. The van der Waals surface area contributed by atoms with Gasteiger partial charge >= 0.3 is 6.09 Å². The predicted molar refractivity (Wildman–Crippen MR) is 174 cm³/mol. The van der Waals surface area contributed by atoms with E-state index in [1.165, 1.54) is 0 Å². The molecule has 0 spiro atoms. The van der Waals surface area contributed by atoms with Gasteiger partial charge in [0, 0.05) is 11.2 Å². The lowest BCUT2D eigenvalue weighted by Gasteiger charge is -2.44. The molecule has 2 N–H and O–H groups in total. The molecule has 2 atom stereocenters. The number of hydrogen-bond acceptors (Lipinski definition) is 5. The third-order valence-electron chi connectivity index (χ3n) is 7.24. The van der Waals surface area contributed by atoms with Crippen LogP contribution in [0.1, 0.15) is 71.6 Å². The number of hydrogen-bond donors (Lipinski definition) is 2. The van der Waals surface area contributed by atoms with Crippen molar-refractivity contribution in [2.45, 2.75) is 84.5 Å². The summed E-state index contributed by atoms with van der Waals surface area (Å²) in [5, 5.41) is 7.97. The van der Waals surface area contributed by atoms with Crippen molar-refractivity contribution in [3.05, 3.63) is 77.9 Å². The van der Waals surface area contributed by atoms with E-state index in [2.05, 4.69) is 10.6 Å². The van der Waals surface area contributed by atoms with Gasteiger partial charge in [0.1, 0.15) is 17.7 Å². The summed E-state index contributed by atoms with van der Waals surface area (Å²) < 4.78 is 5.51. The molecule has 3 aromatic rings. The largest absolute Gasteiger partial charge is 0.444 e. The summed E-state index contributed by atoms with van der Waals surface area (Å²) in [5.74, 6) is -0.0149. The van der Waals surface area contributed by atoms with Crippen LogP contribution >= 0.6 is 11.8 Å². The van der Waals surface area contributed by atoms with Gasteiger partial charge in [-0.2, -0.15) is 11.8 Å². The molecule has 0 aliphatic heterocycles. The number of rotatable bonds is 11. The number of anilines is 1. The maximum atomic E-state index is 14.6. The van der Waals surface area contributed by atoms with Gasteiger partial charge in [0.25, 0.3) is 5.91 Å². The van der Waals surface area contributed by atoms with Crippen LogP contribution in [-0.2, 0) is 14.3 Å². The van der Waals surface area contributed by atoms with Crippen LogP contribution in [0.4, 0.5) is 10.5 Å². The number of carbonyl (C=O) groups is 3. The topological polar surface area (TPSA) is 87.7 Å². The molecular weight excluding hydrogens is 546 g/mol. The molecule has 0 radical (unpaired) electrons. The van der Waals surface area contributed by atoms with E-state index in [-0.39, 0.29) is 11.8 Å². The molecule has 0 aromatic heterocycles. The number of ether oxygens (including phenoxy) is 1. The number of carbonyl (C=O) groups excluding carboxylic acids is 3. The van der Waals surface area contributed by atoms with E-state index in [9.17, 15) is 14.4 Å². The zero-order chi connectivity index (χ0) is 31.1. The summed E-state index contributed by atoms with van der Waals surface area (Å²) >= 11 is 1.59. The van der Waals surface area contributed by atoms with Gasteiger partial charge in [0.15, 0.2) is 0 Å². The second-order valence-corrected chi connectivity index (χ2v) is 13.2. The van der Waals surface area contributed by atoms with E-state index >= 15 is 0 Å². The molecular formula is C34H45N3O4S. The average Bonchev–Trinajstić information content (AvgIpc) is 2.92. The van der Waals surface area contributed by atoms with Crippen molar-refractivity contribution < 1.29 is 19.1 Å². The van der Waals surface area contributed by atoms with E-state index < -0.39 is 29.3 Å². The second-order valence-electron chi connectivity index (χ2n) is 12.2. The standard InChI is InChI=1S/C34H45N3O4S/c1-9-34(6,7)37(31(39)28(19-20-42-8)36-32(40)41-33(3,4)5)29(26-16-12-13-23(2)21-26)30(38)35-27-18-17-24-14-10-11-15-25(24)22-27/h10-18,21-22,28-29H,9,19-20H2,1-8H3,(H,35,38)(H,36,40). The van der Waals surface area contributed by atoms with Gasteiger partial charge in [-0.3, -0.25) is 9.59 Å². The number of nitrogens with one attached hydrogen (secondary N) is 2. The maximum Gasteiger partial charge on any atom is 0.408 e. The summed E-state index contributed by atoms with van der Waals surface area (Å²) in [6.45, 7) is 13.2. The van der Waals surface area contributed by atoms with Crippen molar-refractivity contribution in [2.75, 3.05) is 17.3 Å². The summed E-state index contributed by atoms with van der Waals surface area (Å²) in [6, 6.07) is 19.6. The molecule has 0 heterocycles. The lowest BCUT2D eigenvalue weighted by molar-refractivity contribution is -0.147. The Morgan fingerprint density at radius 3 is 2.24 bits per heavy atom. The van der Waals surface area contributed by atoms with Crippen molar-refractivity contribution >= 4 is 46.1 Å². The number of benzene rings is 3. The summed E-state index contributed by atoms with van der Waals surface area (Å²) in [4.78, 5) is 43.4. The molecule has 0 fully saturated rings. The molecule has 2 unspecified atom stereocenters. The number of amides is 3. The number of thioether (sulfide) groups is 1. The fourth-order valence-electron chi connectivity index (χ4n) is 4.79. The fraction of sp³-hybridized carbons (Fsp3) is 0.441. The Balaban J connectivity index is 2.09. The van der Waals surface area contributed by atoms with Crippen LogP contribution in [0.5, 0.6) is 0 Å². The number of aryl methyl sites for hydroxylation is 1. The molecule has 42 heavy (non-hydrogen) atoms. The van der Waals surface area contributed by atoms with Crippen molar-refractivity contribution in [2.24, 2.45) is 0 Å². The maximum absolute atomic E-state index is 14.6. The van der Waals surface area contributed by atoms with Gasteiger partial charge in [-0.05, 0) is 94.9 Å². The van der Waals surface area contributed by atoms with Crippen molar-refractivity contribution in [1.82, 2.24) is 10.2 Å². The average molecular weight is 592 g/mol. The zero-order valence-electron chi connectivity index (χ0n) is 26.1. The molecule has 226 valence electrons. The summed E-state index contributed by atoms with van der Waals surface area (Å²) in [6.07, 6.45) is 2.27. The normalized spacial score (nSPS) is 13.2. The minimum Gasteiger partial charge on any atom is -0.444 e. The van der Waals surface area contributed by atoms with Crippen LogP contribution in [0.3, 0.4) is 0 Å². The third-order valence-corrected chi connectivity index (χ3v) is 7.88. The first kappa shape index (κ1) is 33.0. The Hall–Kier alpha value is -3.52. The Labute approximate surface area is 254 Å². The van der Waals surface area contributed by atoms with E-state index in [0.717, 1.165) is 16.3 Å². The summed E-state index contributed by atoms with van der Waals surface area (Å²) in [7, 11) is 0. The van der Waals surface area contributed by atoms with Crippen LogP contribution in [-0.4, -0.2) is 52.0 Å². The van der Waals surface area contributed by atoms with Crippen LogP contribution in [0, 0.1) is 6.92 Å². The quantitative estimate of drug-likeness (QED) is 0.241. The molecule has 0 saturated carbocycles. The van der Waals surface area contributed by atoms with Gasteiger partial charge in [-0.1, -0.05) is 67.1 Å². The lowest BCUT2D eigenvalue weighted by Crippen LogP contribution is -2.59. The Bertz CT molecular complexity index is 1400. The SMILES string of the molecule is CCC(C)(C)N(C(=O)C(CCSC)NC(=O)OC(C)(C)C)C(C(=O)Nc1ccc2ccccc2c1)c1cccc(C)c1. The van der Waals surface area contributed by atoms with Crippen LogP contribution in [0.25, 0.3) is 10.8 Å². The molecule has 8 heteroatoms. The van der Waals surface area contributed by atoms with Crippen molar-refractivity contribution in [3.63, 3.8) is 0 Å². The molecule has 3 rings (SSSR count). The first-order chi connectivity index (χ1) is 19.8. The van der Waals surface area contributed by atoms with E-state index in [4.69, 9.17) is 4.74 Å². The minimum absolute atomic E-state index is 0.327. The zero-order valence-corrected chi connectivity index (χ0v) is 26.9. The fourth-order valence-corrected chi connectivity index (χ4v) is 5.26.